The van der Waals surface area contributed by atoms with E-state index in [-0.39, 0.29) is 0 Å². The number of aromatic nitrogens is 2. The largest absolute Gasteiger partial charge is 0.494 e. The number of benzene rings is 2. The maximum Gasteiger partial charge on any atom is 0.219 e. The Kier molecular flexibility index (Phi) is 26.5. The van der Waals surface area contributed by atoms with E-state index in [9.17, 15) is 0 Å². The average Bonchev–Trinajstić information content (AvgIpc) is 3.27. The van der Waals surface area contributed by atoms with Gasteiger partial charge in [-0.25, -0.2) is 9.97 Å². The summed E-state index contributed by atoms with van der Waals surface area (Å²) in [5.41, 5.74) is 1.41. The van der Waals surface area contributed by atoms with Crippen LogP contribution in [-0.2, 0) is 0 Å². The highest BCUT2D eigenvalue weighted by Gasteiger charge is 2.08. The Morgan fingerprint density at radius 2 is 0.567 bits per heavy atom. The quantitative estimate of drug-likeness (QED) is 0.0422. The molecule has 0 atom stereocenters. The zero-order chi connectivity index (χ0) is 42.0. The molecule has 0 saturated heterocycles. The second-order valence-corrected chi connectivity index (χ2v) is 16.8. The van der Waals surface area contributed by atoms with E-state index >= 15 is 0 Å². The van der Waals surface area contributed by atoms with E-state index in [0.717, 1.165) is 37.6 Å². The van der Waals surface area contributed by atoms with E-state index in [1.807, 2.05) is 84.9 Å². The van der Waals surface area contributed by atoms with Crippen molar-refractivity contribution in [2.24, 2.45) is 0 Å². The molecule has 0 bridgehead atoms. The maximum absolute atomic E-state index is 6.11. The van der Waals surface area contributed by atoms with Crippen molar-refractivity contribution in [1.82, 2.24) is 9.97 Å². The van der Waals surface area contributed by atoms with E-state index < -0.39 is 0 Å². The van der Waals surface area contributed by atoms with E-state index in [1.54, 1.807) is 0 Å². The van der Waals surface area contributed by atoms with Crippen molar-refractivity contribution in [2.45, 2.75) is 194 Å². The lowest BCUT2D eigenvalue weighted by molar-refractivity contribution is 0.303. The van der Waals surface area contributed by atoms with E-state index in [0.29, 0.717) is 34.6 Å². The van der Waals surface area contributed by atoms with Crippen LogP contribution in [0.1, 0.15) is 194 Å². The average molecular weight is 821 g/mol. The number of hydrogen-bond donors (Lipinski definition) is 0. The second kappa shape index (κ2) is 32.7. The van der Waals surface area contributed by atoms with Crippen molar-refractivity contribution in [3.63, 3.8) is 0 Å². The molecule has 0 aliphatic heterocycles. The Labute approximate surface area is 365 Å². The summed E-state index contributed by atoms with van der Waals surface area (Å²) in [5, 5.41) is 0. The Balaban J connectivity index is 1.05. The fraction of sp³-hybridized carbons (Fsp3) is 0.593. The minimum Gasteiger partial charge on any atom is -0.494 e. The predicted molar refractivity (Wildman–Crippen MR) is 252 cm³/mol. The van der Waals surface area contributed by atoms with Gasteiger partial charge >= 0.3 is 0 Å². The summed E-state index contributed by atoms with van der Waals surface area (Å²) in [4.78, 5) is 9.47. The van der Waals surface area contributed by atoms with Crippen LogP contribution in [0.15, 0.2) is 84.9 Å². The van der Waals surface area contributed by atoms with Crippen molar-refractivity contribution in [3.8, 4) is 46.1 Å². The van der Waals surface area contributed by atoms with Crippen LogP contribution < -0.4 is 18.9 Å². The highest BCUT2D eigenvalue weighted by atomic mass is 16.5. The first-order chi connectivity index (χ1) is 29.7. The molecule has 0 spiro atoms. The van der Waals surface area contributed by atoms with E-state index in [2.05, 4.69) is 13.8 Å². The standard InChI is InChI=1S/C54H80N2O4/c1-3-5-7-9-11-13-15-17-19-21-23-25-27-29-45-57-47-37-41-49(42-38-47)59-53-35-31-33-51(55-53)52-34-32-36-54(56-52)60-50-43-39-48(40-44-50)58-46-30-28-26-24-22-20-18-16-14-12-10-8-6-4-2/h31-44H,3-30,45-46H2,1-2H3. The summed E-state index contributed by atoms with van der Waals surface area (Å²) < 4.78 is 24.2. The summed E-state index contributed by atoms with van der Waals surface area (Å²) in [6.45, 7) is 6.07. The van der Waals surface area contributed by atoms with Crippen molar-refractivity contribution < 1.29 is 18.9 Å². The van der Waals surface area contributed by atoms with Gasteiger partial charge in [-0.2, -0.15) is 0 Å². The first-order valence-corrected chi connectivity index (χ1v) is 24.5. The van der Waals surface area contributed by atoms with E-state index in [1.165, 1.54) is 167 Å². The molecule has 4 rings (SSSR count). The first kappa shape index (κ1) is 48.6. The van der Waals surface area contributed by atoms with Gasteiger partial charge in [0.2, 0.25) is 11.8 Å². The van der Waals surface area contributed by atoms with Gasteiger partial charge in [-0.05, 0) is 73.5 Å². The van der Waals surface area contributed by atoms with Gasteiger partial charge in [0.1, 0.15) is 23.0 Å². The maximum atomic E-state index is 6.11. The molecule has 0 fully saturated rings. The Bertz CT molecular complexity index is 1490. The van der Waals surface area contributed by atoms with Crippen molar-refractivity contribution in [3.05, 3.63) is 84.9 Å². The summed E-state index contributed by atoms with van der Waals surface area (Å²) in [7, 11) is 0. The molecule has 2 aromatic heterocycles. The molecule has 2 aromatic carbocycles. The molecule has 2 heterocycles. The van der Waals surface area contributed by atoms with Crippen molar-refractivity contribution >= 4 is 0 Å². The topological polar surface area (TPSA) is 62.7 Å². The van der Waals surface area contributed by atoms with Crippen molar-refractivity contribution in [1.29, 1.82) is 0 Å². The molecule has 0 aliphatic rings. The third-order valence-corrected chi connectivity index (χ3v) is 11.3. The molecule has 0 radical (unpaired) electrons. The molecule has 6 nitrogen and oxygen atoms in total. The Morgan fingerprint density at radius 1 is 0.300 bits per heavy atom. The molecular formula is C54H80N2O4. The molecule has 0 unspecified atom stereocenters. The van der Waals surface area contributed by atoms with Crippen LogP contribution in [0.3, 0.4) is 0 Å². The Hall–Kier alpha value is -4.06. The normalized spacial score (nSPS) is 11.2. The van der Waals surface area contributed by atoms with Crippen LogP contribution >= 0.6 is 0 Å². The predicted octanol–water partition coefficient (Wildman–Crippen LogP) is 17.4. The minimum absolute atomic E-state index is 0.501. The van der Waals surface area contributed by atoms with Crippen LogP contribution in [0, 0.1) is 0 Å². The smallest absolute Gasteiger partial charge is 0.219 e. The lowest BCUT2D eigenvalue weighted by atomic mass is 10.0. The van der Waals surface area contributed by atoms with Gasteiger partial charge in [0.25, 0.3) is 0 Å². The lowest BCUT2D eigenvalue weighted by Crippen LogP contribution is -1.97. The van der Waals surface area contributed by atoms with Gasteiger partial charge in [0, 0.05) is 12.1 Å². The van der Waals surface area contributed by atoms with Crippen LogP contribution in [0.2, 0.25) is 0 Å². The summed E-state index contributed by atoms with van der Waals surface area (Å²) in [5.74, 6) is 4.15. The fourth-order valence-electron chi connectivity index (χ4n) is 7.65. The lowest BCUT2D eigenvalue weighted by Gasteiger charge is -2.10. The summed E-state index contributed by atoms with van der Waals surface area (Å²) >= 11 is 0. The minimum atomic E-state index is 0.501. The van der Waals surface area contributed by atoms with E-state index in [4.69, 9.17) is 28.9 Å². The number of ether oxygens (including phenoxy) is 4. The SMILES string of the molecule is CCCCCCCCCCCCCCCCOc1ccc(Oc2cccc(-c3cccc(Oc4ccc(OCCCCCCCCCCCCCCCC)cc4)n3)n2)cc1. The van der Waals surface area contributed by atoms with Gasteiger partial charge in [0.15, 0.2) is 0 Å². The fourth-order valence-corrected chi connectivity index (χ4v) is 7.65. The third kappa shape index (κ3) is 22.5. The summed E-state index contributed by atoms with van der Waals surface area (Å²) in [6, 6.07) is 27.0. The van der Waals surface area contributed by atoms with Crippen molar-refractivity contribution in [2.75, 3.05) is 13.2 Å². The zero-order valence-corrected chi connectivity index (χ0v) is 37.8. The Morgan fingerprint density at radius 3 is 0.867 bits per heavy atom. The first-order valence-electron chi connectivity index (χ1n) is 24.5. The third-order valence-electron chi connectivity index (χ3n) is 11.3. The van der Waals surface area contributed by atoms with Crippen LogP contribution in [0.5, 0.6) is 34.8 Å². The number of rotatable bonds is 37. The number of hydrogen-bond acceptors (Lipinski definition) is 6. The molecule has 0 N–H and O–H groups in total. The second-order valence-electron chi connectivity index (χ2n) is 16.8. The monoisotopic (exact) mass is 821 g/mol. The zero-order valence-electron chi connectivity index (χ0n) is 37.8. The van der Waals surface area contributed by atoms with Gasteiger partial charge in [-0.15, -0.1) is 0 Å². The molecular weight excluding hydrogens is 741 g/mol. The van der Waals surface area contributed by atoms with Gasteiger partial charge in [-0.1, -0.05) is 193 Å². The van der Waals surface area contributed by atoms with Gasteiger partial charge in [0.05, 0.1) is 24.6 Å². The highest BCUT2D eigenvalue weighted by Crippen LogP contribution is 2.28. The highest BCUT2D eigenvalue weighted by molar-refractivity contribution is 5.55. The molecule has 0 amide bonds. The molecule has 6 heteroatoms. The molecule has 330 valence electrons. The van der Waals surface area contributed by atoms with Crippen LogP contribution in [0.4, 0.5) is 0 Å². The molecule has 0 saturated carbocycles. The number of nitrogens with zero attached hydrogens (tertiary/aromatic N) is 2. The summed E-state index contributed by atoms with van der Waals surface area (Å²) in [6.07, 6.45) is 38.0. The molecule has 0 aliphatic carbocycles. The van der Waals surface area contributed by atoms with Crippen LogP contribution in [0.25, 0.3) is 11.4 Å². The van der Waals surface area contributed by atoms with Crippen LogP contribution in [-0.4, -0.2) is 23.2 Å². The molecule has 60 heavy (non-hydrogen) atoms. The molecule has 4 aromatic rings. The van der Waals surface area contributed by atoms with Gasteiger partial charge in [-0.3, -0.25) is 0 Å². The van der Waals surface area contributed by atoms with Gasteiger partial charge < -0.3 is 18.9 Å². The number of unbranched alkanes of at least 4 members (excludes halogenated alkanes) is 26. The number of pyridine rings is 2.